The van der Waals surface area contributed by atoms with Gasteiger partial charge in [-0.2, -0.15) is 0 Å². The van der Waals surface area contributed by atoms with Gasteiger partial charge in [-0.3, -0.25) is 19.4 Å². The van der Waals surface area contributed by atoms with Crippen LogP contribution in [0.5, 0.6) is 5.88 Å². The summed E-state index contributed by atoms with van der Waals surface area (Å²) in [6.45, 7) is 16.9. The zero-order valence-electron chi connectivity index (χ0n) is 30.0. The van der Waals surface area contributed by atoms with Gasteiger partial charge < -0.3 is 29.3 Å². The van der Waals surface area contributed by atoms with Gasteiger partial charge in [-0.05, 0) is 84.2 Å². The van der Waals surface area contributed by atoms with Crippen molar-refractivity contribution < 1.29 is 33.0 Å². The quantitative estimate of drug-likeness (QED) is 0.467. The molecule has 5 rings (SSSR count). The van der Waals surface area contributed by atoms with E-state index in [2.05, 4.69) is 33.9 Å². The van der Waals surface area contributed by atoms with Gasteiger partial charge in [0.05, 0.1) is 25.8 Å². The molecular weight excluding hydrogens is 631 g/mol. The summed E-state index contributed by atoms with van der Waals surface area (Å²) in [6.07, 6.45) is -0.0524. The highest BCUT2D eigenvalue weighted by Crippen LogP contribution is 2.35. The number of carbonyl (C=O) groups is 3. The second kappa shape index (κ2) is 15.0. The number of hydrogen-bond acceptors (Lipinski definition) is 9. The van der Waals surface area contributed by atoms with Crippen molar-refractivity contribution in [3.63, 3.8) is 0 Å². The molecule has 1 aromatic heterocycles. The molecule has 12 nitrogen and oxygen atoms in total. The Hall–Kier alpha value is -3.81. The number of morpholine rings is 1. The summed E-state index contributed by atoms with van der Waals surface area (Å²) in [4.78, 5) is 53.4. The van der Waals surface area contributed by atoms with Crippen molar-refractivity contribution in [3.05, 3.63) is 53.0 Å². The van der Waals surface area contributed by atoms with Crippen molar-refractivity contribution in [2.24, 2.45) is 0 Å². The van der Waals surface area contributed by atoms with Crippen LogP contribution in [0.3, 0.4) is 0 Å². The predicted molar refractivity (Wildman–Crippen MR) is 183 cm³/mol. The molecule has 3 amide bonds. The molecule has 5 atom stereocenters. The maximum atomic E-state index is 14.4. The molecule has 1 N–H and O–H groups in total. The van der Waals surface area contributed by atoms with E-state index in [9.17, 15) is 18.8 Å². The van der Waals surface area contributed by atoms with Gasteiger partial charge in [0.25, 0.3) is 5.91 Å². The van der Waals surface area contributed by atoms with Gasteiger partial charge in [-0.15, -0.1) is 0 Å². The lowest BCUT2D eigenvalue weighted by Crippen LogP contribution is -2.65. The Balaban J connectivity index is 1.44. The normalized spacial score (nSPS) is 25.0. The summed E-state index contributed by atoms with van der Waals surface area (Å²) >= 11 is 0. The number of fused-ring (bicyclic) bond motifs is 1. The average Bonchev–Trinajstić information content (AvgIpc) is 3.03. The third kappa shape index (κ3) is 8.50. The third-order valence-electron chi connectivity index (χ3n) is 9.42. The van der Waals surface area contributed by atoms with E-state index in [0.717, 1.165) is 5.56 Å². The fourth-order valence-electron chi connectivity index (χ4n) is 6.91. The Bertz CT molecular complexity index is 1510. The SMILES string of the molecule is CNC(=O)c1nc2c(cc1Cc1ccc(F)cc1)N(C(=O)CN1C[C@@H](C)N(C(=O)OC(C)(C)C)C[C@@H]1CN1[C@H](C)COC[C@H]1C)[C@@H](C)CO2. The molecule has 1 aromatic carbocycles. The second-order valence-electron chi connectivity index (χ2n) is 14.6. The van der Waals surface area contributed by atoms with Crippen LogP contribution < -0.4 is 15.0 Å². The molecule has 0 unspecified atom stereocenters. The highest BCUT2D eigenvalue weighted by Gasteiger charge is 2.41. The number of amides is 3. The van der Waals surface area contributed by atoms with E-state index in [-0.39, 0.29) is 78.7 Å². The van der Waals surface area contributed by atoms with E-state index in [1.54, 1.807) is 28.0 Å². The maximum Gasteiger partial charge on any atom is 0.410 e. The highest BCUT2D eigenvalue weighted by atomic mass is 19.1. The molecule has 0 bridgehead atoms. The van der Waals surface area contributed by atoms with E-state index < -0.39 is 5.60 Å². The number of nitrogens with one attached hydrogen (secondary N) is 1. The van der Waals surface area contributed by atoms with Gasteiger partial charge >= 0.3 is 6.09 Å². The van der Waals surface area contributed by atoms with Crippen molar-refractivity contribution in [2.45, 2.75) is 90.7 Å². The van der Waals surface area contributed by atoms with Gasteiger partial charge in [-0.1, -0.05) is 12.1 Å². The first-order chi connectivity index (χ1) is 23.1. The van der Waals surface area contributed by atoms with E-state index in [0.29, 0.717) is 50.5 Å². The number of anilines is 1. The number of hydrogen-bond donors (Lipinski definition) is 1. The molecule has 13 heteroatoms. The van der Waals surface area contributed by atoms with E-state index in [1.807, 2.05) is 34.6 Å². The molecule has 3 aliphatic rings. The first-order valence-corrected chi connectivity index (χ1v) is 17.2. The van der Waals surface area contributed by atoms with Crippen molar-refractivity contribution in [2.75, 3.05) is 57.9 Å². The summed E-state index contributed by atoms with van der Waals surface area (Å²) in [5.74, 6) is -0.657. The number of ether oxygens (including phenoxy) is 3. The van der Waals surface area contributed by atoms with Crippen molar-refractivity contribution in [1.29, 1.82) is 0 Å². The Morgan fingerprint density at radius 3 is 2.29 bits per heavy atom. The van der Waals surface area contributed by atoms with Crippen LogP contribution in [0.25, 0.3) is 0 Å². The molecule has 0 saturated carbocycles. The molecule has 2 fully saturated rings. The number of piperazine rings is 1. The van der Waals surface area contributed by atoms with E-state index in [4.69, 9.17) is 14.2 Å². The fraction of sp³-hybridized carbons (Fsp3) is 0.611. The number of pyridine rings is 1. The molecule has 4 heterocycles. The monoisotopic (exact) mass is 682 g/mol. The van der Waals surface area contributed by atoms with Crippen LogP contribution in [0.2, 0.25) is 0 Å². The number of rotatable bonds is 7. The number of nitrogens with zero attached hydrogens (tertiary/aromatic N) is 5. The first-order valence-electron chi connectivity index (χ1n) is 17.2. The van der Waals surface area contributed by atoms with Gasteiger partial charge in [0, 0.05) is 50.8 Å². The van der Waals surface area contributed by atoms with Crippen molar-refractivity contribution in [3.8, 4) is 5.88 Å². The standard InChI is InChI=1S/C36H51FN6O6/c1-22-15-40(29(16-41-23(2)19-47-20-24(41)3)17-42(22)35(46)49-36(5,6)7)18-31(44)43-25(4)21-48-34-30(43)14-27(32(39-34)33(45)38-8)13-26-9-11-28(37)12-10-26/h9-12,14,22-25,29H,13,15-21H2,1-8H3,(H,38,45)/t22-,23-,24-,25+,29+/m1/s1. The van der Waals surface area contributed by atoms with Gasteiger partial charge in [0.2, 0.25) is 11.8 Å². The molecule has 268 valence electrons. The third-order valence-corrected chi connectivity index (χ3v) is 9.42. The number of aromatic nitrogens is 1. The molecule has 0 radical (unpaired) electrons. The molecule has 2 aromatic rings. The number of benzene rings is 1. The van der Waals surface area contributed by atoms with Crippen LogP contribution >= 0.6 is 0 Å². The minimum atomic E-state index is -0.631. The minimum Gasteiger partial charge on any atom is -0.474 e. The van der Waals surface area contributed by atoms with Crippen molar-refractivity contribution >= 4 is 23.6 Å². The van der Waals surface area contributed by atoms with Crippen LogP contribution in [-0.2, 0) is 20.7 Å². The molecular formula is C36H51FN6O6. The van der Waals surface area contributed by atoms with Crippen molar-refractivity contribution in [1.82, 2.24) is 25.0 Å². The Labute approximate surface area is 288 Å². The van der Waals surface area contributed by atoms with Crippen LogP contribution in [0.4, 0.5) is 14.9 Å². The lowest BCUT2D eigenvalue weighted by molar-refractivity contribution is -0.123. The first kappa shape index (κ1) is 36.5. The molecule has 0 spiro atoms. The lowest BCUT2D eigenvalue weighted by atomic mass is 10.0. The smallest absolute Gasteiger partial charge is 0.410 e. The zero-order chi connectivity index (χ0) is 35.6. The summed E-state index contributed by atoms with van der Waals surface area (Å²) in [5.41, 5.74) is 1.43. The maximum absolute atomic E-state index is 14.4. The topological polar surface area (TPSA) is 117 Å². The Kier molecular flexibility index (Phi) is 11.1. The lowest BCUT2D eigenvalue weighted by Gasteiger charge is -2.49. The number of carbonyl (C=O) groups excluding carboxylic acids is 3. The summed E-state index contributed by atoms with van der Waals surface area (Å²) in [7, 11) is 1.53. The molecule has 3 aliphatic heterocycles. The fourth-order valence-corrected chi connectivity index (χ4v) is 6.91. The molecule has 49 heavy (non-hydrogen) atoms. The summed E-state index contributed by atoms with van der Waals surface area (Å²) in [6, 6.07) is 7.61. The van der Waals surface area contributed by atoms with E-state index in [1.165, 1.54) is 19.2 Å². The average molecular weight is 683 g/mol. The van der Waals surface area contributed by atoms with Gasteiger partial charge in [0.1, 0.15) is 29.4 Å². The highest BCUT2D eigenvalue weighted by molar-refractivity contribution is 5.99. The Morgan fingerprint density at radius 2 is 1.65 bits per heavy atom. The largest absolute Gasteiger partial charge is 0.474 e. The zero-order valence-corrected chi connectivity index (χ0v) is 30.0. The van der Waals surface area contributed by atoms with Crippen LogP contribution in [0, 0.1) is 5.82 Å². The summed E-state index contributed by atoms with van der Waals surface area (Å²) < 4.78 is 31.2. The van der Waals surface area contributed by atoms with Crippen LogP contribution in [0.1, 0.15) is 70.1 Å². The predicted octanol–water partition coefficient (Wildman–Crippen LogP) is 3.70. The molecule has 2 saturated heterocycles. The van der Waals surface area contributed by atoms with Crippen LogP contribution in [-0.4, -0.2) is 126 Å². The molecule has 0 aliphatic carbocycles. The second-order valence-corrected chi connectivity index (χ2v) is 14.6. The van der Waals surface area contributed by atoms with Gasteiger partial charge in [-0.25, -0.2) is 14.2 Å². The van der Waals surface area contributed by atoms with E-state index >= 15 is 0 Å². The van der Waals surface area contributed by atoms with Crippen LogP contribution in [0.15, 0.2) is 30.3 Å². The minimum absolute atomic E-state index is 0.110. The Morgan fingerprint density at radius 1 is 0.980 bits per heavy atom. The van der Waals surface area contributed by atoms with Gasteiger partial charge in [0.15, 0.2) is 0 Å². The number of halogens is 1. The summed E-state index contributed by atoms with van der Waals surface area (Å²) in [5, 5.41) is 2.64.